The van der Waals surface area contributed by atoms with Gasteiger partial charge in [0.15, 0.2) is 0 Å². The van der Waals surface area contributed by atoms with Crippen molar-refractivity contribution in [3.05, 3.63) is 81.8 Å². The van der Waals surface area contributed by atoms with Crippen LogP contribution >= 0.6 is 11.3 Å². The summed E-state index contributed by atoms with van der Waals surface area (Å²) in [6.45, 7) is 0.619. The van der Waals surface area contributed by atoms with E-state index >= 15 is 0 Å². The number of thiazole rings is 1. The maximum absolute atomic E-state index is 10.8. The summed E-state index contributed by atoms with van der Waals surface area (Å²) in [5.41, 5.74) is 2.05. The number of aryl methyl sites for hydroxylation is 2. The zero-order chi connectivity index (χ0) is 21.9. The molecule has 2 aromatic carbocycles. The van der Waals surface area contributed by atoms with Crippen LogP contribution in [0.5, 0.6) is 5.75 Å². The number of aliphatic carboxylic acids is 1. The summed E-state index contributed by atoms with van der Waals surface area (Å²) in [6, 6.07) is 17.6. The highest BCUT2D eigenvalue weighted by atomic mass is 32.1. The molecule has 0 bridgehead atoms. The molecule has 1 aromatic heterocycles. The molecule has 3 aromatic rings. The number of rotatable bonds is 13. The fourth-order valence-corrected chi connectivity index (χ4v) is 4.32. The third kappa shape index (κ3) is 7.81. The Morgan fingerprint density at radius 1 is 1.00 bits per heavy atom. The predicted molar refractivity (Wildman–Crippen MR) is 123 cm³/mol. The lowest BCUT2D eigenvalue weighted by molar-refractivity contribution is -0.136. The van der Waals surface area contributed by atoms with Crippen molar-refractivity contribution in [3.8, 4) is 5.75 Å². The highest BCUT2D eigenvalue weighted by Gasteiger charge is 2.13. The molecule has 1 heterocycles. The minimum Gasteiger partial charge on any atom is -0.493 e. The quantitative estimate of drug-likeness (QED) is 0.357. The number of unbranched alkanes of at least 4 members (excludes halogenated alkanes) is 2. The lowest BCUT2D eigenvalue weighted by atomic mass is 10.1. The second-order valence-corrected chi connectivity index (χ2v) is 8.68. The number of carboxylic acid groups (broad SMARTS) is 1. The predicted octanol–water partition coefficient (Wildman–Crippen LogP) is 5.23. The summed E-state index contributed by atoms with van der Waals surface area (Å²) in [5, 5.41) is 20.1. The van der Waals surface area contributed by atoms with Crippen molar-refractivity contribution >= 4 is 17.3 Å². The van der Waals surface area contributed by atoms with E-state index in [1.54, 1.807) is 11.3 Å². The Kier molecular flexibility index (Phi) is 9.06. The second-order valence-electron chi connectivity index (χ2n) is 7.53. The van der Waals surface area contributed by atoms with Gasteiger partial charge in [-0.25, -0.2) is 4.98 Å². The minimum absolute atomic E-state index is 0.108. The fraction of sp³-hybridized carbons (Fsp3) is 0.360. The highest BCUT2D eigenvalue weighted by Crippen LogP contribution is 2.25. The first kappa shape index (κ1) is 23.0. The molecule has 0 fully saturated rings. The lowest BCUT2D eigenvalue weighted by Gasteiger charge is -2.10. The first-order valence-corrected chi connectivity index (χ1v) is 11.5. The molecule has 0 aliphatic rings. The van der Waals surface area contributed by atoms with Crippen molar-refractivity contribution in [3.63, 3.8) is 0 Å². The Bertz CT molecular complexity index is 941. The third-order valence-electron chi connectivity index (χ3n) is 5.03. The number of hydrogen-bond acceptors (Lipinski definition) is 5. The van der Waals surface area contributed by atoms with Gasteiger partial charge in [0.05, 0.1) is 6.61 Å². The number of carboxylic acids is 1. The topological polar surface area (TPSA) is 79.7 Å². The molecular weight excluding hydrogens is 410 g/mol. The average molecular weight is 440 g/mol. The monoisotopic (exact) mass is 439 g/mol. The van der Waals surface area contributed by atoms with E-state index in [0.717, 1.165) is 47.6 Å². The van der Waals surface area contributed by atoms with E-state index in [0.29, 0.717) is 19.4 Å². The SMILES string of the molecule is O=C(O)CCc1ccccc1OCCCCCc1cnc(C(O)Cc2ccccc2)s1. The molecule has 2 N–H and O–H groups in total. The zero-order valence-corrected chi connectivity index (χ0v) is 18.4. The number of aliphatic hydroxyl groups excluding tert-OH is 1. The number of para-hydroxylation sites is 1. The summed E-state index contributed by atoms with van der Waals surface area (Å²) < 4.78 is 5.88. The molecule has 5 nitrogen and oxygen atoms in total. The maximum Gasteiger partial charge on any atom is 0.303 e. The number of aromatic nitrogens is 1. The van der Waals surface area contributed by atoms with E-state index in [1.165, 1.54) is 4.88 Å². The van der Waals surface area contributed by atoms with Gasteiger partial charge in [0.25, 0.3) is 0 Å². The summed E-state index contributed by atoms with van der Waals surface area (Å²) in [7, 11) is 0. The van der Waals surface area contributed by atoms with Crippen LogP contribution in [0.2, 0.25) is 0 Å². The molecule has 0 radical (unpaired) electrons. The van der Waals surface area contributed by atoms with Crippen molar-refractivity contribution in [1.29, 1.82) is 0 Å². The van der Waals surface area contributed by atoms with Crippen LogP contribution < -0.4 is 4.74 Å². The fourth-order valence-electron chi connectivity index (χ4n) is 3.37. The van der Waals surface area contributed by atoms with E-state index in [9.17, 15) is 9.90 Å². The number of ether oxygens (including phenoxy) is 1. The van der Waals surface area contributed by atoms with E-state index in [4.69, 9.17) is 9.84 Å². The first-order valence-electron chi connectivity index (χ1n) is 10.7. The summed E-state index contributed by atoms with van der Waals surface area (Å²) in [4.78, 5) is 16.4. The van der Waals surface area contributed by atoms with E-state index in [-0.39, 0.29) is 6.42 Å². The number of benzene rings is 2. The second kappa shape index (κ2) is 12.2. The van der Waals surface area contributed by atoms with Gasteiger partial charge in [0.1, 0.15) is 16.9 Å². The molecule has 0 aliphatic heterocycles. The molecular formula is C25H29NO4S. The Morgan fingerprint density at radius 2 is 1.77 bits per heavy atom. The van der Waals surface area contributed by atoms with Gasteiger partial charge in [-0.05, 0) is 49.3 Å². The third-order valence-corrected chi connectivity index (χ3v) is 6.19. The number of carbonyl (C=O) groups is 1. The normalized spacial score (nSPS) is 11.9. The van der Waals surface area contributed by atoms with E-state index in [1.807, 2.05) is 60.8 Å². The van der Waals surface area contributed by atoms with Crippen molar-refractivity contribution in [2.24, 2.45) is 0 Å². The van der Waals surface area contributed by atoms with Gasteiger partial charge >= 0.3 is 5.97 Å². The van der Waals surface area contributed by atoms with Crippen LogP contribution in [0, 0.1) is 0 Å². The molecule has 6 heteroatoms. The van der Waals surface area contributed by atoms with Gasteiger partial charge in [-0.3, -0.25) is 4.79 Å². The zero-order valence-electron chi connectivity index (χ0n) is 17.6. The number of hydrogen-bond donors (Lipinski definition) is 2. The Morgan fingerprint density at radius 3 is 2.58 bits per heavy atom. The van der Waals surface area contributed by atoms with Crippen LogP contribution in [0.15, 0.2) is 60.8 Å². The molecule has 1 unspecified atom stereocenters. The molecule has 1 atom stereocenters. The van der Waals surface area contributed by atoms with Crippen molar-refractivity contribution in [2.75, 3.05) is 6.61 Å². The number of aliphatic hydroxyl groups is 1. The van der Waals surface area contributed by atoms with Gasteiger partial charge < -0.3 is 14.9 Å². The lowest BCUT2D eigenvalue weighted by Crippen LogP contribution is -2.03. The van der Waals surface area contributed by atoms with Crippen LogP contribution in [0.25, 0.3) is 0 Å². The van der Waals surface area contributed by atoms with Gasteiger partial charge in [-0.2, -0.15) is 0 Å². The van der Waals surface area contributed by atoms with Gasteiger partial charge in [-0.1, -0.05) is 48.5 Å². The smallest absolute Gasteiger partial charge is 0.303 e. The standard InChI is InChI=1S/C25H29NO4S/c27-22(17-19-9-3-1-4-10-19)25-26-18-21(31-25)12-5-2-8-16-30-23-13-7-6-11-20(23)14-15-24(28)29/h1,3-4,6-7,9-11,13,18,22,27H,2,5,8,12,14-17H2,(H,28,29). The van der Waals surface area contributed by atoms with Crippen LogP contribution in [-0.2, 0) is 24.1 Å². The first-order chi connectivity index (χ1) is 15.1. The van der Waals surface area contributed by atoms with Crippen LogP contribution in [0.4, 0.5) is 0 Å². The number of nitrogens with zero attached hydrogens (tertiary/aromatic N) is 1. The summed E-state index contributed by atoms with van der Waals surface area (Å²) >= 11 is 1.59. The van der Waals surface area contributed by atoms with Gasteiger partial charge in [-0.15, -0.1) is 11.3 Å². The van der Waals surface area contributed by atoms with Gasteiger partial charge in [0, 0.05) is 23.9 Å². The molecule has 0 amide bonds. The minimum atomic E-state index is -0.798. The van der Waals surface area contributed by atoms with Crippen LogP contribution in [0.1, 0.15) is 52.8 Å². The molecule has 164 valence electrons. The molecule has 0 saturated carbocycles. The van der Waals surface area contributed by atoms with Crippen molar-refractivity contribution < 1.29 is 19.7 Å². The average Bonchev–Trinajstić information content (AvgIpc) is 3.25. The molecule has 0 saturated heterocycles. The summed E-state index contributed by atoms with van der Waals surface area (Å²) in [6.07, 6.45) is 6.46. The van der Waals surface area contributed by atoms with Crippen molar-refractivity contribution in [1.82, 2.24) is 4.98 Å². The van der Waals surface area contributed by atoms with Crippen LogP contribution in [-0.4, -0.2) is 27.8 Å². The van der Waals surface area contributed by atoms with E-state index < -0.39 is 12.1 Å². The van der Waals surface area contributed by atoms with Gasteiger partial charge in [0.2, 0.25) is 0 Å². The maximum atomic E-state index is 10.8. The Hall–Kier alpha value is -2.70. The highest BCUT2D eigenvalue weighted by molar-refractivity contribution is 7.11. The molecule has 3 rings (SSSR count). The van der Waals surface area contributed by atoms with Crippen molar-refractivity contribution in [2.45, 2.75) is 51.0 Å². The Labute approximate surface area is 187 Å². The van der Waals surface area contributed by atoms with Crippen LogP contribution in [0.3, 0.4) is 0 Å². The Balaban J connectivity index is 1.35. The molecule has 31 heavy (non-hydrogen) atoms. The largest absolute Gasteiger partial charge is 0.493 e. The molecule has 0 spiro atoms. The summed E-state index contributed by atoms with van der Waals surface area (Å²) in [5.74, 6) is -0.0168. The molecule has 0 aliphatic carbocycles. The van der Waals surface area contributed by atoms with E-state index in [2.05, 4.69) is 4.98 Å².